The van der Waals surface area contributed by atoms with Crippen molar-refractivity contribution in [3.63, 3.8) is 0 Å². The largest absolute Gasteiger partial charge is 0.462 e. The van der Waals surface area contributed by atoms with E-state index in [1.165, 1.54) is 35.6 Å². The Morgan fingerprint density at radius 3 is 2.47 bits per heavy atom. The zero-order valence-electron chi connectivity index (χ0n) is 16.6. The fourth-order valence-corrected chi connectivity index (χ4v) is 4.33. The van der Waals surface area contributed by atoms with Crippen LogP contribution in [0.1, 0.15) is 34.6 Å². The van der Waals surface area contributed by atoms with Gasteiger partial charge in [-0.15, -0.1) is 11.3 Å². The van der Waals surface area contributed by atoms with E-state index in [9.17, 15) is 18.8 Å². The number of rotatable bonds is 5. The van der Waals surface area contributed by atoms with Gasteiger partial charge in [0.25, 0.3) is 0 Å². The first-order chi connectivity index (χ1) is 14.4. The molecule has 0 unspecified atom stereocenters. The van der Waals surface area contributed by atoms with Gasteiger partial charge in [-0.2, -0.15) is 0 Å². The summed E-state index contributed by atoms with van der Waals surface area (Å²) < 4.78 is 23.3. The number of benzene rings is 1. The molecule has 8 nitrogen and oxygen atoms in total. The second-order valence-electron chi connectivity index (χ2n) is 6.38. The lowest BCUT2D eigenvalue weighted by atomic mass is 10.0. The highest BCUT2D eigenvalue weighted by atomic mass is 32.1. The van der Waals surface area contributed by atoms with Crippen LogP contribution in [0.4, 0.5) is 24.7 Å². The van der Waals surface area contributed by atoms with Crippen molar-refractivity contribution >= 4 is 40.1 Å². The third kappa shape index (κ3) is 4.88. The van der Waals surface area contributed by atoms with Gasteiger partial charge in [-0.3, -0.25) is 5.32 Å². The van der Waals surface area contributed by atoms with Crippen LogP contribution in [0.2, 0.25) is 0 Å². The average molecular weight is 435 g/mol. The Morgan fingerprint density at radius 2 is 1.80 bits per heavy atom. The predicted octanol–water partition coefficient (Wildman–Crippen LogP) is 4.22. The summed E-state index contributed by atoms with van der Waals surface area (Å²) in [6, 6.07) is 4.74. The third-order valence-electron chi connectivity index (χ3n) is 4.39. The number of ether oxygens (including phenoxy) is 2. The molecule has 2 aromatic rings. The van der Waals surface area contributed by atoms with Gasteiger partial charge in [0.05, 0.1) is 25.3 Å². The molecule has 0 atom stereocenters. The van der Waals surface area contributed by atoms with Crippen molar-refractivity contribution in [2.24, 2.45) is 0 Å². The lowest BCUT2D eigenvalue weighted by Crippen LogP contribution is -2.36. The highest BCUT2D eigenvalue weighted by Gasteiger charge is 2.31. The first-order valence-electron chi connectivity index (χ1n) is 9.49. The predicted molar refractivity (Wildman–Crippen MR) is 110 cm³/mol. The molecule has 1 aliphatic rings. The van der Waals surface area contributed by atoms with Crippen LogP contribution in [0, 0.1) is 5.82 Å². The van der Waals surface area contributed by atoms with Crippen LogP contribution in [-0.2, 0) is 22.4 Å². The molecule has 1 aromatic heterocycles. The summed E-state index contributed by atoms with van der Waals surface area (Å²) in [7, 11) is 0. The number of anilines is 2. The number of esters is 1. The Kier molecular flexibility index (Phi) is 6.88. The Labute approximate surface area is 177 Å². The summed E-state index contributed by atoms with van der Waals surface area (Å²) in [6.07, 6.45) is 0.0258. The minimum absolute atomic E-state index is 0.194. The number of halogens is 1. The van der Waals surface area contributed by atoms with E-state index < -0.39 is 23.9 Å². The number of amides is 3. The maximum Gasteiger partial charge on any atom is 0.410 e. The molecule has 2 heterocycles. The lowest BCUT2D eigenvalue weighted by Gasteiger charge is -2.26. The SMILES string of the molecule is CCOC(=O)c1c(NC(=O)Nc2ccc(F)cc2)sc2c1CCN(C(=O)OCC)C2. The molecule has 0 saturated carbocycles. The summed E-state index contributed by atoms with van der Waals surface area (Å²) in [5, 5.41) is 5.61. The maximum atomic E-state index is 13.0. The van der Waals surface area contributed by atoms with Gasteiger partial charge >= 0.3 is 18.1 Å². The van der Waals surface area contributed by atoms with Crippen LogP contribution in [0.15, 0.2) is 24.3 Å². The van der Waals surface area contributed by atoms with E-state index in [1.807, 2.05) is 0 Å². The van der Waals surface area contributed by atoms with Crippen LogP contribution in [0.5, 0.6) is 0 Å². The van der Waals surface area contributed by atoms with E-state index in [0.29, 0.717) is 29.2 Å². The molecule has 10 heteroatoms. The maximum absolute atomic E-state index is 13.0. The second-order valence-corrected chi connectivity index (χ2v) is 7.49. The molecule has 0 saturated heterocycles. The van der Waals surface area contributed by atoms with E-state index in [1.54, 1.807) is 18.7 Å². The molecule has 0 aliphatic carbocycles. The molecule has 160 valence electrons. The number of urea groups is 1. The summed E-state index contributed by atoms with van der Waals surface area (Å²) in [5.41, 5.74) is 1.46. The highest BCUT2D eigenvalue weighted by Crippen LogP contribution is 2.38. The lowest BCUT2D eigenvalue weighted by molar-refractivity contribution is 0.0526. The molecule has 30 heavy (non-hydrogen) atoms. The van der Waals surface area contributed by atoms with Gasteiger partial charge in [0, 0.05) is 17.1 Å². The number of nitrogens with zero attached hydrogens (tertiary/aromatic N) is 1. The molecule has 0 radical (unpaired) electrons. The third-order valence-corrected chi connectivity index (χ3v) is 5.52. The Balaban J connectivity index is 1.82. The monoisotopic (exact) mass is 435 g/mol. The Morgan fingerprint density at radius 1 is 1.10 bits per heavy atom. The average Bonchev–Trinajstić information content (AvgIpc) is 3.06. The van der Waals surface area contributed by atoms with E-state index in [-0.39, 0.29) is 19.8 Å². The van der Waals surface area contributed by atoms with Gasteiger partial charge in [-0.25, -0.2) is 18.8 Å². The van der Waals surface area contributed by atoms with E-state index in [4.69, 9.17) is 9.47 Å². The number of thiophene rings is 1. The molecule has 1 aliphatic heterocycles. The van der Waals surface area contributed by atoms with Crippen molar-refractivity contribution in [3.05, 3.63) is 46.1 Å². The fourth-order valence-electron chi connectivity index (χ4n) is 3.08. The fraction of sp³-hybridized carbons (Fsp3) is 0.350. The zero-order valence-corrected chi connectivity index (χ0v) is 17.4. The van der Waals surface area contributed by atoms with Crippen molar-refractivity contribution in [3.8, 4) is 0 Å². The smallest absolute Gasteiger partial charge is 0.410 e. The Hall–Kier alpha value is -3.14. The molecular weight excluding hydrogens is 413 g/mol. The first-order valence-corrected chi connectivity index (χ1v) is 10.3. The summed E-state index contributed by atoms with van der Waals surface area (Å²) in [4.78, 5) is 39.4. The number of hydrogen-bond donors (Lipinski definition) is 2. The summed E-state index contributed by atoms with van der Waals surface area (Å²) in [6.45, 7) is 4.59. The molecule has 0 fully saturated rings. The molecular formula is C20H22FN3O5S. The van der Waals surface area contributed by atoms with Gasteiger partial charge in [0.1, 0.15) is 10.8 Å². The van der Waals surface area contributed by atoms with Crippen molar-refractivity contribution in [2.45, 2.75) is 26.8 Å². The van der Waals surface area contributed by atoms with Gasteiger partial charge < -0.3 is 19.7 Å². The summed E-state index contributed by atoms with van der Waals surface area (Å²) >= 11 is 1.21. The van der Waals surface area contributed by atoms with E-state index >= 15 is 0 Å². The Bertz CT molecular complexity index is 945. The topological polar surface area (TPSA) is 97.0 Å². The van der Waals surface area contributed by atoms with Crippen LogP contribution in [0.25, 0.3) is 0 Å². The van der Waals surface area contributed by atoms with Crippen molar-refractivity contribution in [1.82, 2.24) is 4.90 Å². The highest BCUT2D eigenvalue weighted by molar-refractivity contribution is 7.17. The molecule has 2 N–H and O–H groups in total. The molecule has 0 spiro atoms. The minimum Gasteiger partial charge on any atom is -0.462 e. The van der Waals surface area contributed by atoms with E-state index in [2.05, 4.69) is 10.6 Å². The number of nitrogens with one attached hydrogen (secondary N) is 2. The quantitative estimate of drug-likeness (QED) is 0.686. The standard InChI is InChI=1S/C20H22FN3O5S/c1-3-28-18(25)16-14-9-10-24(20(27)29-4-2)11-15(14)30-17(16)23-19(26)22-13-7-5-12(21)6-8-13/h5-8H,3-4,9-11H2,1-2H3,(H2,22,23,26). The van der Waals surface area contributed by atoms with E-state index in [0.717, 1.165) is 10.4 Å². The number of hydrogen-bond acceptors (Lipinski definition) is 6. The molecule has 1 aromatic carbocycles. The number of carbonyl (C=O) groups excluding carboxylic acids is 3. The van der Waals surface area contributed by atoms with Crippen molar-refractivity contribution < 1.29 is 28.2 Å². The van der Waals surface area contributed by atoms with Crippen LogP contribution in [-0.4, -0.2) is 42.8 Å². The summed E-state index contributed by atoms with van der Waals surface area (Å²) in [5.74, 6) is -0.945. The molecule has 0 bridgehead atoms. The van der Waals surface area contributed by atoms with Crippen LogP contribution < -0.4 is 10.6 Å². The number of fused-ring (bicyclic) bond motifs is 1. The van der Waals surface area contributed by atoms with Gasteiger partial charge in [-0.1, -0.05) is 0 Å². The normalized spacial score (nSPS) is 12.7. The van der Waals surface area contributed by atoms with Crippen LogP contribution in [0.3, 0.4) is 0 Å². The second kappa shape index (κ2) is 9.57. The first kappa shape index (κ1) is 21.6. The van der Waals surface area contributed by atoms with Crippen molar-refractivity contribution in [1.29, 1.82) is 0 Å². The minimum atomic E-state index is -0.576. The molecule has 3 rings (SSSR count). The molecule has 3 amide bonds. The number of carbonyl (C=O) groups is 3. The van der Waals surface area contributed by atoms with Gasteiger partial charge in [-0.05, 0) is 50.1 Å². The zero-order chi connectivity index (χ0) is 21.7. The van der Waals surface area contributed by atoms with Gasteiger partial charge in [0.2, 0.25) is 0 Å². The van der Waals surface area contributed by atoms with Crippen LogP contribution >= 0.6 is 11.3 Å². The van der Waals surface area contributed by atoms with Crippen molar-refractivity contribution in [2.75, 3.05) is 30.4 Å². The van der Waals surface area contributed by atoms with Gasteiger partial charge in [0.15, 0.2) is 0 Å².